The molecule has 0 spiro atoms. The predicted octanol–water partition coefficient (Wildman–Crippen LogP) is 0.376. The number of morpholine rings is 1. The normalized spacial score (nSPS) is 19.4. The Morgan fingerprint density at radius 1 is 1.50 bits per heavy atom. The van der Waals surface area contributed by atoms with Crippen LogP contribution in [0.2, 0.25) is 0 Å². The van der Waals surface area contributed by atoms with E-state index in [9.17, 15) is 0 Å². The van der Waals surface area contributed by atoms with Gasteiger partial charge >= 0.3 is 0 Å². The number of nitrogens with one attached hydrogen (secondary N) is 1. The molecule has 3 heterocycles. The molecule has 1 saturated heterocycles. The molecule has 1 fully saturated rings. The molecule has 7 nitrogen and oxygen atoms in total. The molecular formula is C13H19N5O2. The van der Waals surface area contributed by atoms with Crippen LogP contribution >= 0.6 is 0 Å². The highest BCUT2D eigenvalue weighted by molar-refractivity contribution is 5.29. The maximum atomic E-state index is 5.79. The van der Waals surface area contributed by atoms with Gasteiger partial charge in [-0.25, -0.2) is 4.98 Å². The Morgan fingerprint density at radius 2 is 2.45 bits per heavy atom. The number of ether oxygens (including phenoxy) is 2. The van der Waals surface area contributed by atoms with E-state index in [-0.39, 0.29) is 6.10 Å². The zero-order valence-electron chi connectivity index (χ0n) is 11.5. The molecule has 0 bridgehead atoms. The highest BCUT2D eigenvalue weighted by Gasteiger charge is 2.20. The minimum atomic E-state index is 0.0357. The fourth-order valence-corrected chi connectivity index (χ4v) is 2.30. The van der Waals surface area contributed by atoms with E-state index in [1.165, 1.54) is 0 Å². The molecule has 1 atom stereocenters. The lowest BCUT2D eigenvalue weighted by Crippen LogP contribution is -2.34. The summed E-state index contributed by atoms with van der Waals surface area (Å²) in [6, 6.07) is 0. The lowest BCUT2D eigenvalue weighted by molar-refractivity contribution is 0.0240. The van der Waals surface area contributed by atoms with E-state index in [2.05, 4.69) is 15.4 Å². The zero-order valence-corrected chi connectivity index (χ0v) is 11.5. The summed E-state index contributed by atoms with van der Waals surface area (Å²) in [4.78, 5) is 4.24. The van der Waals surface area contributed by atoms with Crippen LogP contribution in [0.1, 0.15) is 11.8 Å². The van der Waals surface area contributed by atoms with Crippen molar-refractivity contribution in [3.8, 4) is 5.69 Å². The largest absolute Gasteiger partial charge is 0.383 e. The van der Waals surface area contributed by atoms with Crippen molar-refractivity contribution in [3.05, 3.63) is 30.6 Å². The Morgan fingerprint density at radius 3 is 3.25 bits per heavy atom. The third kappa shape index (κ3) is 2.74. The van der Waals surface area contributed by atoms with E-state index in [0.29, 0.717) is 6.61 Å². The van der Waals surface area contributed by atoms with E-state index in [0.717, 1.165) is 37.6 Å². The smallest absolute Gasteiger partial charge is 0.112 e. The van der Waals surface area contributed by atoms with Crippen molar-refractivity contribution in [3.63, 3.8) is 0 Å². The number of hydrogen-bond donors (Lipinski definition) is 1. The van der Waals surface area contributed by atoms with Gasteiger partial charge in [0.15, 0.2) is 0 Å². The summed E-state index contributed by atoms with van der Waals surface area (Å²) in [5.41, 5.74) is 2.03. The van der Waals surface area contributed by atoms with Crippen LogP contribution in [0.5, 0.6) is 0 Å². The topological polar surface area (TPSA) is 66.1 Å². The SMILES string of the molecule is COCCn1cc(-n2cncc2C2CNCCO2)cn1. The highest BCUT2D eigenvalue weighted by atomic mass is 16.5. The monoisotopic (exact) mass is 277 g/mol. The highest BCUT2D eigenvalue weighted by Crippen LogP contribution is 2.21. The lowest BCUT2D eigenvalue weighted by Gasteiger charge is -2.24. The Bertz CT molecular complexity index is 544. The molecule has 0 saturated carbocycles. The van der Waals surface area contributed by atoms with Crippen molar-refractivity contribution >= 4 is 0 Å². The average molecular weight is 277 g/mol. The Kier molecular flexibility index (Phi) is 4.10. The summed E-state index contributed by atoms with van der Waals surface area (Å²) in [6.07, 6.45) is 7.50. The van der Waals surface area contributed by atoms with Gasteiger partial charge in [-0.2, -0.15) is 5.10 Å². The molecular weight excluding hydrogens is 258 g/mol. The average Bonchev–Trinajstić information content (AvgIpc) is 3.14. The van der Waals surface area contributed by atoms with Crippen LogP contribution in [0, 0.1) is 0 Å². The van der Waals surface area contributed by atoms with Crippen molar-refractivity contribution in [1.82, 2.24) is 24.6 Å². The van der Waals surface area contributed by atoms with Crippen molar-refractivity contribution in [2.24, 2.45) is 0 Å². The lowest BCUT2D eigenvalue weighted by atomic mass is 10.2. The molecule has 0 aromatic carbocycles. The van der Waals surface area contributed by atoms with Crippen LogP contribution in [0.25, 0.3) is 5.69 Å². The summed E-state index contributed by atoms with van der Waals surface area (Å²) < 4.78 is 14.7. The quantitative estimate of drug-likeness (QED) is 0.855. The molecule has 1 N–H and O–H groups in total. The van der Waals surface area contributed by atoms with Gasteiger partial charge in [0, 0.05) is 26.4 Å². The molecule has 1 aliphatic heterocycles. The van der Waals surface area contributed by atoms with E-state index in [4.69, 9.17) is 9.47 Å². The number of hydrogen-bond acceptors (Lipinski definition) is 5. The summed E-state index contributed by atoms with van der Waals surface area (Å²) >= 11 is 0. The third-order valence-electron chi connectivity index (χ3n) is 3.35. The Labute approximate surface area is 117 Å². The summed E-state index contributed by atoms with van der Waals surface area (Å²) in [7, 11) is 1.69. The van der Waals surface area contributed by atoms with Gasteiger partial charge in [0.1, 0.15) is 6.10 Å². The first-order valence-electron chi connectivity index (χ1n) is 6.75. The zero-order chi connectivity index (χ0) is 13.8. The Hall–Kier alpha value is -1.70. The molecule has 1 unspecified atom stereocenters. The number of methoxy groups -OCH3 is 1. The molecule has 1 aliphatic rings. The number of nitrogens with zero attached hydrogens (tertiary/aromatic N) is 4. The fourth-order valence-electron chi connectivity index (χ4n) is 2.30. The van der Waals surface area contributed by atoms with Gasteiger partial charge in [0.2, 0.25) is 0 Å². The minimum Gasteiger partial charge on any atom is -0.383 e. The second-order valence-corrected chi connectivity index (χ2v) is 4.71. The van der Waals surface area contributed by atoms with Gasteiger partial charge in [0.25, 0.3) is 0 Å². The number of aromatic nitrogens is 4. The molecule has 3 rings (SSSR count). The van der Waals surface area contributed by atoms with Crippen molar-refractivity contribution in [2.75, 3.05) is 33.4 Å². The van der Waals surface area contributed by atoms with Crippen LogP contribution in [0.3, 0.4) is 0 Å². The second kappa shape index (κ2) is 6.17. The molecule has 2 aromatic heterocycles. The molecule has 0 radical (unpaired) electrons. The molecule has 0 aliphatic carbocycles. The van der Waals surface area contributed by atoms with E-state index in [1.807, 2.05) is 27.8 Å². The fraction of sp³-hybridized carbons (Fsp3) is 0.538. The molecule has 20 heavy (non-hydrogen) atoms. The first kappa shape index (κ1) is 13.3. The van der Waals surface area contributed by atoms with Crippen molar-refractivity contribution < 1.29 is 9.47 Å². The maximum Gasteiger partial charge on any atom is 0.112 e. The number of rotatable bonds is 5. The van der Waals surface area contributed by atoms with E-state index in [1.54, 1.807) is 13.4 Å². The standard InChI is InChI=1S/C13H19N5O2/c1-19-5-3-17-9-11(6-16-17)18-10-15-7-12(18)13-8-14-2-4-20-13/h6-7,9-10,13-14H,2-5,8H2,1H3. The van der Waals surface area contributed by atoms with Crippen LogP contribution in [-0.2, 0) is 16.0 Å². The Balaban J connectivity index is 1.79. The van der Waals surface area contributed by atoms with Gasteiger partial charge in [-0.15, -0.1) is 0 Å². The third-order valence-corrected chi connectivity index (χ3v) is 3.35. The summed E-state index contributed by atoms with van der Waals surface area (Å²) in [6.45, 7) is 3.82. The van der Waals surface area contributed by atoms with Gasteiger partial charge in [-0.05, 0) is 0 Å². The second-order valence-electron chi connectivity index (χ2n) is 4.71. The summed E-state index contributed by atoms with van der Waals surface area (Å²) in [5, 5.41) is 7.66. The van der Waals surface area contributed by atoms with Gasteiger partial charge < -0.3 is 14.8 Å². The summed E-state index contributed by atoms with van der Waals surface area (Å²) in [5.74, 6) is 0. The first-order chi connectivity index (χ1) is 9.88. The molecule has 0 amide bonds. The number of imidazole rings is 1. The molecule has 108 valence electrons. The van der Waals surface area contributed by atoms with Crippen LogP contribution in [0.15, 0.2) is 24.9 Å². The van der Waals surface area contributed by atoms with Crippen molar-refractivity contribution in [1.29, 1.82) is 0 Å². The molecule has 2 aromatic rings. The minimum absolute atomic E-state index is 0.0357. The van der Waals surface area contributed by atoms with Gasteiger partial charge in [0.05, 0.1) is 49.9 Å². The van der Waals surface area contributed by atoms with Crippen LogP contribution in [0.4, 0.5) is 0 Å². The van der Waals surface area contributed by atoms with Crippen LogP contribution < -0.4 is 5.32 Å². The first-order valence-corrected chi connectivity index (χ1v) is 6.75. The van der Waals surface area contributed by atoms with Crippen molar-refractivity contribution in [2.45, 2.75) is 12.6 Å². The van der Waals surface area contributed by atoms with Gasteiger partial charge in [-0.3, -0.25) is 9.25 Å². The van der Waals surface area contributed by atoms with Gasteiger partial charge in [-0.1, -0.05) is 0 Å². The van der Waals surface area contributed by atoms with E-state index >= 15 is 0 Å². The molecule has 7 heteroatoms. The maximum absolute atomic E-state index is 5.79. The van der Waals surface area contributed by atoms with Crippen LogP contribution in [-0.4, -0.2) is 52.7 Å². The predicted molar refractivity (Wildman–Crippen MR) is 72.8 cm³/mol. The van der Waals surface area contributed by atoms with E-state index < -0.39 is 0 Å².